The Hall–Kier alpha value is -2.50. The summed E-state index contributed by atoms with van der Waals surface area (Å²) in [7, 11) is 0. The minimum atomic E-state index is -4.39. The van der Waals surface area contributed by atoms with Gasteiger partial charge in [-0.05, 0) is 29.8 Å². The van der Waals surface area contributed by atoms with Crippen LogP contribution in [0.3, 0.4) is 0 Å². The summed E-state index contributed by atoms with van der Waals surface area (Å²) in [6.07, 6.45) is -0.0525. The van der Waals surface area contributed by atoms with E-state index in [0.29, 0.717) is 11.3 Å². The first kappa shape index (κ1) is 17.8. The van der Waals surface area contributed by atoms with Gasteiger partial charge in [-0.25, -0.2) is 0 Å². The van der Waals surface area contributed by atoms with Crippen LogP contribution < -0.4 is 5.32 Å². The van der Waals surface area contributed by atoms with Crippen LogP contribution in [0, 0.1) is 0 Å². The highest BCUT2D eigenvalue weighted by molar-refractivity contribution is 5.91. The van der Waals surface area contributed by atoms with Crippen LogP contribution in [-0.4, -0.2) is 12.5 Å². The molecule has 0 saturated carbocycles. The molecule has 3 nitrogen and oxygen atoms in total. The van der Waals surface area contributed by atoms with Crippen LogP contribution in [0.2, 0.25) is 0 Å². The molecule has 24 heavy (non-hydrogen) atoms. The largest absolute Gasteiger partial charge is 0.465 e. The number of benzene rings is 1. The molecule has 1 N–H and O–H groups in total. The molecule has 2 rings (SSSR count). The van der Waals surface area contributed by atoms with Gasteiger partial charge in [0.2, 0.25) is 5.91 Å². The third-order valence-corrected chi connectivity index (χ3v) is 3.62. The van der Waals surface area contributed by atoms with Crippen LogP contribution in [0.25, 0.3) is 6.08 Å². The molecule has 0 radical (unpaired) electrons. The van der Waals surface area contributed by atoms with Crippen molar-refractivity contribution in [1.82, 2.24) is 5.32 Å². The Morgan fingerprint density at radius 3 is 2.50 bits per heavy atom. The quantitative estimate of drug-likeness (QED) is 0.822. The summed E-state index contributed by atoms with van der Waals surface area (Å²) >= 11 is 0. The maximum Gasteiger partial charge on any atom is 0.416 e. The van der Waals surface area contributed by atoms with Crippen LogP contribution in [0.4, 0.5) is 13.2 Å². The Kier molecular flexibility index (Phi) is 5.17. The molecule has 1 amide bonds. The minimum Gasteiger partial charge on any atom is -0.465 e. The number of hydrogen-bond donors (Lipinski definition) is 1. The molecule has 1 aromatic carbocycles. The van der Waals surface area contributed by atoms with Crippen molar-refractivity contribution < 1.29 is 22.4 Å². The lowest BCUT2D eigenvalue weighted by Gasteiger charge is -2.26. The fourth-order valence-electron chi connectivity index (χ4n) is 2.13. The van der Waals surface area contributed by atoms with E-state index in [4.69, 9.17) is 4.42 Å². The van der Waals surface area contributed by atoms with E-state index in [1.807, 2.05) is 0 Å². The lowest BCUT2D eigenvalue weighted by molar-refractivity contribution is -0.137. The number of amides is 1. The van der Waals surface area contributed by atoms with Gasteiger partial charge >= 0.3 is 6.18 Å². The number of carbonyl (C=O) groups excluding carboxylic acids is 1. The Balaban J connectivity index is 2.02. The van der Waals surface area contributed by atoms with Crippen molar-refractivity contribution in [3.63, 3.8) is 0 Å². The number of furan rings is 1. The summed E-state index contributed by atoms with van der Waals surface area (Å²) < 4.78 is 43.5. The molecule has 0 aliphatic heterocycles. The monoisotopic (exact) mass is 337 g/mol. The second kappa shape index (κ2) is 6.95. The zero-order chi connectivity index (χ0) is 17.8. The van der Waals surface area contributed by atoms with E-state index in [-0.39, 0.29) is 12.5 Å². The number of hydrogen-bond acceptors (Lipinski definition) is 2. The van der Waals surface area contributed by atoms with Gasteiger partial charge in [0.1, 0.15) is 5.76 Å². The fraction of sp³-hybridized carbons (Fsp3) is 0.278. The molecule has 128 valence electrons. The summed E-state index contributed by atoms with van der Waals surface area (Å²) in [5, 5.41) is 2.69. The Morgan fingerprint density at radius 2 is 1.88 bits per heavy atom. The van der Waals surface area contributed by atoms with Crippen molar-refractivity contribution in [2.24, 2.45) is 0 Å². The van der Waals surface area contributed by atoms with Gasteiger partial charge in [-0.1, -0.05) is 32.0 Å². The molecule has 0 fully saturated rings. The highest BCUT2D eigenvalue weighted by Crippen LogP contribution is 2.32. The van der Waals surface area contributed by atoms with E-state index in [9.17, 15) is 18.0 Å². The first-order valence-electron chi connectivity index (χ1n) is 7.36. The van der Waals surface area contributed by atoms with Gasteiger partial charge in [0.25, 0.3) is 0 Å². The molecule has 2 aromatic rings. The van der Waals surface area contributed by atoms with Crippen molar-refractivity contribution in [2.45, 2.75) is 25.4 Å². The molecular weight excluding hydrogens is 319 g/mol. The number of carbonyl (C=O) groups is 1. The molecule has 1 aromatic heterocycles. The number of rotatable bonds is 5. The third-order valence-electron chi connectivity index (χ3n) is 3.62. The highest BCUT2D eigenvalue weighted by Gasteiger charge is 2.32. The summed E-state index contributed by atoms with van der Waals surface area (Å²) in [5.74, 6) is 0.203. The minimum absolute atomic E-state index is 0.204. The van der Waals surface area contributed by atoms with Crippen molar-refractivity contribution >= 4 is 12.0 Å². The maximum atomic E-state index is 12.8. The molecule has 0 spiro atoms. The first-order valence-corrected chi connectivity index (χ1v) is 7.36. The smallest absolute Gasteiger partial charge is 0.416 e. The lowest BCUT2D eigenvalue weighted by Crippen LogP contribution is -2.36. The third kappa shape index (κ3) is 4.75. The predicted molar refractivity (Wildman–Crippen MR) is 85.2 cm³/mol. The molecule has 6 heteroatoms. The normalized spacial score (nSPS) is 12.5. The van der Waals surface area contributed by atoms with Crippen molar-refractivity contribution in [3.05, 3.63) is 65.6 Å². The summed E-state index contributed by atoms with van der Waals surface area (Å²) in [4.78, 5) is 11.8. The van der Waals surface area contributed by atoms with E-state index in [1.165, 1.54) is 24.5 Å². The predicted octanol–water partition coefficient (Wildman–Crippen LogP) is 4.41. The maximum absolute atomic E-state index is 12.8. The average molecular weight is 337 g/mol. The molecule has 1 heterocycles. The van der Waals surface area contributed by atoms with E-state index >= 15 is 0 Å². The molecule has 0 atom stereocenters. The second-order valence-electron chi connectivity index (χ2n) is 6.03. The van der Waals surface area contributed by atoms with Gasteiger partial charge in [-0.3, -0.25) is 4.79 Å². The summed E-state index contributed by atoms with van der Waals surface area (Å²) in [6.45, 7) is 3.76. The van der Waals surface area contributed by atoms with Gasteiger partial charge in [-0.15, -0.1) is 0 Å². The zero-order valence-corrected chi connectivity index (χ0v) is 13.4. The van der Waals surface area contributed by atoms with Crippen LogP contribution in [0.5, 0.6) is 0 Å². The SMILES string of the molecule is CC(C)(CNC(=O)/C=C/c1ccco1)c1cccc(C(F)(F)F)c1. The van der Waals surface area contributed by atoms with Gasteiger partial charge < -0.3 is 9.73 Å². The average Bonchev–Trinajstić information content (AvgIpc) is 3.04. The standard InChI is InChI=1S/C18H18F3NO2/c1-17(2,13-5-3-6-14(11-13)18(19,20)21)12-22-16(23)9-8-15-7-4-10-24-15/h3-11H,12H2,1-2H3,(H,22,23)/b9-8+. The molecule has 0 saturated heterocycles. The van der Waals surface area contributed by atoms with E-state index in [2.05, 4.69) is 5.32 Å². The summed E-state index contributed by atoms with van der Waals surface area (Å²) in [5.41, 5.74) is -0.833. The van der Waals surface area contributed by atoms with E-state index in [0.717, 1.165) is 12.1 Å². The van der Waals surface area contributed by atoms with Gasteiger partial charge in [0.05, 0.1) is 11.8 Å². The summed E-state index contributed by atoms with van der Waals surface area (Å²) in [6, 6.07) is 8.55. The van der Waals surface area contributed by atoms with E-state index < -0.39 is 17.2 Å². The van der Waals surface area contributed by atoms with Crippen LogP contribution in [0.15, 0.2) is 53.2 Å². The van der Waals surface area contributed by atoms with Gasteiger partial charge in [-0.2, -0.15) is 13.2 Å². The van der Waals surface area contributed by atoms with Crippen LogP contribution >= 0.6 is 0 Å². The number of nitrogens with one attached hydrogen (secondary N) is 1. The van der Waals surface area contributed by atoms with Gasteiger partial charge in [0, 0.05) is 18.0 Å². The van der Waals surface area contributed by atoms with Crippen molar-refractivity contribution in [1.29, 1.82) is 0 Å². The lowest BCUT2D eigenvalue weighted by atomic mass is 9.83. The molecular formula is C18H18F3NO2. The molecule has 0 unspecified atom stereocenters. The van der Waals surface area contributed by atoms with Crippen LogP contribution in [0.1, 0.15) is 30.7 Å². The first-order chi connectivity index (χ1) is 11.2. The van der Waals surface area contributed by atoms with Crippen molar-refractivity contribution in [2.75, 3.05) is 6.54 Å². The van der Waals surface area contributed by atoms with Crippen LogP contribution in [-0.2, 0) is 16.4 Å². The Labute approximate surface area is 138 Å². The molecule has 0 bridgehead atoms. The zero-order valence-electron chi connectivity index (χ0n) is 13.4. The fourth-order valence-corrected chi connectivity index (χ4v) is 2.13. The second-order valence-corrected chi connectivity index (χ2v) is 6.03. The Morgan fingerprint density at radius 1 is 1.17 bits per heavy atom. The van der Waals surface area contributed by atoms with Crippen molar-refractivity contribution in [3.8, 4) is 0 Å². The topological polar surface area (TPSA) is 42.2 Å². The van der Waals surface area contributed by atoms with Gasteiger partial charge in [0.15, 0.2) is 0 Å². The molecule has 0 aliphatic carbocycles. The Bertz CT molecular complexity index is 716. The number of alkyl halides is 3. The number of halogens is 3. The highest BCUT2D eigenvalue weighted by atomic mass is 19.4. The van der Waals surface area contributed by atoms with E-state index in [1.54, 1.807) is 32.0 Å². The molecule has 0 aliphatic rings.